The van der Waals surface area contributed by atoms with Crippen molar-refractivity contribution in [3.63, 3.8) is 0 Å². The van der Waals surface area contributed by atoms with Gasteiger partial charge in [-0.25, -0.2) is 4.39 Å². The van der Waals surface area contributed by atoms with Crippen LogP contribution in [0.1, 0.15) is 50.5 Å². The average Bonchev–Trinajstić information content (AvgIpc) is 2.66. The number of hydrogen-bond donors (Lipinski definition) is 1. The topological polar surface area (TPSA) is 29.1 Å². The molecule has 2 rings (SSSR count). The number of halogens is 1. The molecule has 1 fully saturated rings. The second kappa shape index (κ2) is 7.27. The van der Waals surface area contributed by atoms with Crippen LogP contribution in [0.15, 0.2) is 24.3 Å². The second-order valence-electron chi connectivity index (χ2n) is 5.35. The molecule has 1 aromatic rings. The van der Waals surface area contributed by atoms with E-state index < -0.39 is 0 Å². The van der Waals surface area contributed by atoms with Crippen molar-refractivity contribution in [3.8, 4) is 0 Å². The van der Waals surface area contributed by atoms with Gasteiger partial charge < -0.3 is 5.32 Å². The van der Waals surface area contributed by atoms with Gasteiger partial charge in [-0.1, -0.05) is 43.9 Å². The van der Waals surface area contributed by atoms with Gasteiger partial charge in [-0.2, -0.15) is 0 Å². The van der Waals surface area contributed by atoms with E-state index in [1.165, 1.54) is 31.7 Å². The third-order valence-electron chi connectivity index (χ3n) is 3.80. The van der Waals surface area contributed by atoms with Gasteiger partial charge in [0.1, 0.15) is 5.82 Å². The lowest BCUT2D eigenvalue weighted by Crippen LogP contribution is -2.34. The Balaban J connectivity index is 1.76. The molecule has 1 amide bonds. The molecular weight excluding hydrogens is 241 g/mol. The van der Waals surface area contributed by atoms with Crippen LogP contribution < -0.4 is 5.32 Å². The Kier molecular flexibility index (Phi) is 5.37. The maximum Gasteiger partial charge on any atom is 0.220 e. The Morgan fingerprint density at radius 3 is 2.53 bits per heavy atom. The second-order valence-corrected chi connectivity index (χ2v) is 5.35. The largest absolute Gasteiger partial charge is 0.353 e. The Labute approximate surface area is 114 Å². The monoisotopic (exact) mass is 263 g/mol. The lowest BCUT2D eigenvalue weighted by atomic mass is 10.1. The molecular formula is C16H22FNO. The van der Waals surface area contributed by atoms with Crippen LogP contribution >= 0.6 is 0 Å². The molecule has 1 saturated carbocycles. The molecule has 0 unspecified atom stereocenters. The highest BCUT2D eigenvalue weighted by atomic mass is 19.1. The number of carbonyl (C=O) groups excluding carboxylic acids is 1. The molecule has 1 N–H and O–H groups in total. The van der Waals surface area contributed by atoms with Crippen molar-refractivity contribution in [3.05, 3.63) is 35.6 Å². The Bertz CT molecular complexity index is 411. The zero-order chi connectivity index (χ0) is 13.5. The van der Waals surface area contributed by atoms with Gasteiger partial charge in [0.05, 0.1) is 0 Å². The molecule has 0 heterocycles. The van der Waals surface area contributed by atoms with Crippen LogP contribution in [-0.4, -0.2) is 11.9 Å². The lowest BCUT2D eigenvalue weighted by molar-refractivity contribution is -0.121. The first-order chi connectivity index (χ1) is 9.25. The van der Waals surface area contributed by atoms with E-state index >= 15 is 0 Å². The van der Waals surface area contributed by atoms with Gasteiger partial charge in [-0.3, -0.25) is 4.79 Å². The number of hydrogen-bond acceptors (Lipinski definition) is 1. The molecule has 104 valence electrons. The third-order valence-corrected chi connectivity index (χ3v) is 3.80. The van der Waals surface area contributed by atoms with Crippen LogP contribution in [0.3, 0.4) is 0 Å². The van der Waals surface area contributed by atoms with Crippen molar-refractivity contribution >= 4 is 5.91 Å². The summed E-state index contributed by atoms with van der Waals surface area (Å²) in [6.45, 7) is 0. The molecule has 2 nitrogen and oxygen atoms in total. The number of carbonyl (C=O) groups is 1. The molecule has 0 aliphatic heterocycles. The summed E-state index contributed by atoms with van der Waals surface area (Å²) in [4.78, 5) is 11.9. The molecule has 0 radical (unpaired) electrons. The Hall–Kier alpha value is -1.38. The fourth-order valence-electron chi connectivity index (χ4n) is 2.67. The fraction of sp³-hybridized carbons (Fsp3) is 0.562. The summed E-state index contributed by atoms with van der Waals surface area (Å²) in [6, 6.07) is 6.99. The van der Waals surface area contributed by atoms with Gasteiger partial charge in [-0.05, 0) is 30.9 Å². The van der Waals surface area contributed by atoms with E-state index in [-0.39, 0.29) is 11.7 Å². The summed E-state index contributed by atoms with van der Waals surface area (Å²) in [5, 5.41) is 3.09. The van der Waals surface area contributed by atoms with Crippen molar-refractivity contribution in [1.29, 1.82) is 0 Å². The third kappa shape index (κ3) is 4.66. The van der Waals surface area contributed by atoms with Crippen LogP contribution in [0.4, 0.5) is 4.39 Å². The summed E-state index contributed by atoms with van der Waals surface area (Å²) in [7, 11) is 0. The summed E-state index contributed by atoms with van der Waals surface area (Å²) in [5.74, 6) is -0.167. The van der Waals surface area contributed by atoms with E-state index in [4.69, 9.17) is 0 Å². The molecule has 19 heavy (non-hydrogen) atoms. The maximum atomic E-state index is 13.4. The van der Waals surface area contributed by atoms with Crippen LogP contribution in [0.5, 0.6) is 0 Å². The minimum absolute atomic E-state index is 0.0511. The first kappa shape index (κ1) is 14.0. The van der Waals surface area contributed by atoms with Crippen LogP contribution in [0.25, 0.3) is 0 Å². The molecule has 1 aliphatic rings. The molecule has 0 saturated heterocycles. The summed E-state index contributed by atoms with van der Waals surface area (Å²) < 4.78 is 13.4. The van der Waals surface area contributed by atoms with Crippen molar-refractivity contribution in [1.82, 2.24) is 5.32 Å². The lowest BCUT2D eigenvalue weighted by Gasteiger charge is -2.16. The van der Waals surface area contributed by atoms with Gasteiger partial charge >= 0.3 is 0 Å². The van der Waals surface area contributed by atoms with Crippen LogP contribution in [0, 0.1) is 5.82 Å². The minimum atomic E-state index is -0.218. The molecule has 0 aromatic heterocycles. The van der Waals surface area contributed by atoms with Gasteiger partial charge in [0.2, 0.25) is 5.91 Å². The van der Waals surface area contributed by atoms with Gasteiger partial charge in [0.25, 0.3) is 0 Å². The highest BCUT2D eigenvalue weighted by Crippen LogP contribution is 2.17. The first-order valence-corrected chi connectivity index (χ1v) is 7.28. The highest BCUT2D eigenvalue weighted by molar-refractivity contribution is 5.76. The molecule has 0 spiro atoms. The smallest absolute Gasteiger partial charge is 0.220 e. The zero-order valence-electron chi connectivity index (χ0n) is 11.3. The number of amides is 1. The van der Waals surface area contributed by atoms with E-state index in [0.717, 1.165) is 12.8 Å². The standard InChI is InChI=1S/C16H22FNO/c17-15-10-6-5-7-13(15)11-12-16(19)18-14-8-3-1-2-4-9-14/h5-7,10,14H,1-4,8-9,11-12H2,(H,18,19). The SMILES string of the molecule is O=C(CCc1ccccc1F)NC1CCCCCC1. The van der Waals surface area contributed by atoms with Gasteiger partial charge in [0.15, 0.2) is 0 Å². The van der Waals surface area contributed by atoms with Gasteiger partial charge in [-0.15, -0.1) is 0 Å². The number of aryl methyl sites for hydroxylation is 1. The summed E-state index contributed by atoms with van der Waals surface area (Å²) in [5.41, 5.74) is 0.624. The van der Waals surface area contributed by atoms with Crippen LogP contribution in [-0.2, 0) is 11.2 Å². The van der Waals surface area contributed by atoms with E-state index in [1.807, 2.05) is 6.07 Å². The molecule has 1 aromatic carbocycles. The van der Waals surface area contributed by atoms with Crippen molar-refractivity contribution in [2.45, 2.75) is 57.4 Å². The minimum Gasteiger partial charge on any atom is -0.353 e. The number of benzene rings is 1. The molecule has 0 bridgehead atoms. The predicted octanol–water partition coefficient (Wildman–Crippen LogP) is 3.60. The zero-order valence-corrected chi connectivity index (χ0v) is 11.3. The van der Waals surface area contributed by atoms with Crippen molar-refractivity contribution in [2.24, 2.45) is 0 Å². The summed E-state index contributed by atoms with van der Waals surface area (Å²) in [6.07, 6.45) is 8.00. The van der Waals surface area contributed by atoms with Crippen LogP contribution in [0.2, 0.25) is 0 Å². The van der Waals surface area contributed by atoms with Crippen molar-refractivity contribution in [2.75, 3.05) is 0 Å². The first-order valence-electron chi connectivity index (χ1n) is 7.28. The number of nitrogens with one attached hydrogen (secondary N) is 1. The van der Waals surface area contributed by atoms with Gasteiger partial charge in [0, 0.05) is 12.5 Å². The van der Waals surface area contributed by atoms with E-state index in [1.54, 1.807) is 12.1 Å². The van der Waals surface area contributed by atoms with Crippen molar-refractivity contribution < 1.29 is 9.18 Å². The Morgan fingerprint density at radius 1 is 1.16 bits per heavy atom. The van der Waals surface area contributed by atoms with E-state index in [9.17, 15) is 9.18 Å². The van der Waals surface area contributed by atoms with E-state index in [0.29, 0.717) is 24.4 Å². The number of rotatable bonds is 4. The Morgan fingerprint density at radius 2 is 1.84 bits per heavy atom. The molecule has 1 aliphatic carbocycles. The predicted molar refractivity (Wildman–Crippen MR) is 74.4 cm³/mol. The molecule has 0 atom stereocenters. The molecule has 3 heteroatoms. The maximum absolute atomic E-state index is 13.4. The van der Waals surface area contributed by atoms with E-state index in [2.05, 4.69) is 5.32 Å². The fourth-order valence-corrected chi connectivity index (χ4v) is 2.67. The summed E-state index contributed by atoms with van der Waals surface area (Å²) >= 11 is 0. The quantitative estimate of drug-likeness (QED) is 0.826. The highest BCUT2D eigenvalue weighted by Gasteiger charge is 2.14. The average molecular weight is 263 g/mol. The normalized spacial score (nSPS) is 16.9.